The van der Waals surface area contributed by atoms with Crippen LogP contribution >= 0.6 is 0 Å². The van der Waals surface area contributed by atoms with Crippen LogP contribution in [0.25, 0.3) is 6.20 Å². The predicted octanol–water partition coefficient (Wildman–Crippen LogP) is -1.92. The van der Waals surface area contributed by atoms with Crippen LogP contribution in [0.1, 0.15) is 0 Å². The number of aromatic nitrogens is 2. The van der Waals surface area contributed by atoms with Gasteiger partial charge in [-0.25, -0.2) is 4.57 Å². The van der Waals surface area contributed by atoms with Gasteiger partial charge in [-0.1, -0.05) is 4.98 Å². The molecular weight excluding hydrogens is 314 g/mol. The number of hydrogen-bond acceptors (Lipinski definition) is 9. The lowest BCUT2D eigenvalue weighted by atomic mass is 9.99. The highest BCUT2D eigenvalue weighted by atomic mass is 16.6. The van der Waals surface area contributed by atoms with Crippen molar-refractivity contribution in [1.82, 2.24) is 9.55 Å². The molecule has 0 aromatic carbocycles. The highest BCUT2D eigenvalue weighted by Crippen LogP contribution is 2.20. The van der Waals surface area contributed by atoms with Gasteiger partial charge in [-0.3, -0.25) is 0 Å². The highest BCUT2D eigenvalue weighted by molar-refractivity contribution is 5.30. The summed E-state index contributed by atoms with van der Waals surface area (Å²) in [6, 6.07) is 0. The van der Waals surface area contributed by atoms with Crippen molar-refractivity contribution in [2.24, 2.45) is 0 Å². The minimum Gasteiger partial charge on any atom is -0.390 e. The summed E-state index contributed by atoms with van der Waals surface area (Å²) in [6.45, 7) is -0.116. The number of nitro groups is 1. The van der Waals surface area contributed by atoms with E-state index in [1.54, 1.807) is 0 Å². The molecule has 1 saturated heterocycles. The molecule has 4 N–H and O–H groups in total. The molecule has 2 rings (SSSR count). The zero-order chi connectivity index (χ0) is 17.0. The molecule has 23 heavy (non-hydrogen) atoms. The van der Waals surface area contributed by atoms with E-state index in [-0.39, 0.29) is 19.2 Å². The second-order valence-corrected chi connectivity index (χ2v) is 4.85. The van der Waals surface area contributed by atoms with Crippen LogP contribution in [0.3, 0.4) is 0 Å². The van der Waals surface area contributed by atoms with Crippen molar-refractivity contribution in [2.75, 3.05) is 13.2 Å². The Hall–Kier alpha value is -1.89. The molecule has 0 saturated carbocycles. The van der Waals surface area contributed by atoms with E-state index in [1.807, 2.05) is 0 Å². The third-order valence-electron chi connectivity index (χ3n) is 3.26. The molecule has 5 atom stereocenters. The van der Waals surface area contributed by atoms with E-state index in [4.69, 9.17) is 9.47 Å². The van der Waals surface area contributed by atoms with Gasteiger partial charge in [0.05, 0.1) is 19.4 Å². The normalized spacial score (nSPS) is 31.6. The Labute approximate surface area is 130 Å². The van der Waals surface area contributed by atoms with Crippen molar-refractivity contribution in [3.63, 3.8) is 0 Å². The van der Waals surface area contributed by atoms with Gasteiger partial charge in [0.1, 0.15) is 36.8 Å². The fourth-order valence-corrected chi connectivity index (χ4v) is 2.04. The number of hydrogen-bond donors (Lipinski definition) is 4. The molecule has 1 aromatic rings. The van der Waals surface area contributed by atoms with E-state index >= 15 is 0 Å². The van der Waals surface area contributed by atoms with Gasteiger partial charge in [0.15, 0.2) is 6.29 Å². The van der Waals surface area contributed by atoms with Gasteiger partial charge in [0.2, 0.25) is 0 Å². The fraction of sp³-hybridized carbons (Fsp3) is 0.583. The summed E-state index contributed by atoms with van der Waals surface area (Å²) in [5.74, 6) is -0.340. The summed E-state index contributed by atoms with van der Waals surface area (Å²) in [6.07, 6.45) is -1.64. The Morgan fingerprint density at radius 1 is 1.35 bits per heavy atom. The molecule has 0 amide bonds. The maximum absolute atomic E-state index is 10.6. The van der Waals surface area contributed by atoms with E-state index in [9.17, 15) is 30.5 Å². The first-order chi connectivity index (χ1) is 10.9. The molecule has 0 aliphatic carbocycles. The van der Waals surface area contributed by atoms with Crippen LogP contribution in [-0.2, 0) is 9.47 Å². The lowest BCUT2D eigenvalue weighted by molar-refractivity contribution is -0.395. The minimum absolute atomic E-state index is 0.0384. The summed E-state index contributed by atoms with van der Waals surface area (Å²) in [4.78, 5) is 13.6. The topological polar surface area (TPSA) is 160 Å². The summed E-state index contributed by atoms with van der Waals surface area (Å²) >= 11 is 0. The Bertz CT molecular complexity index is 562. The fourth-order valence-electron chi connectivity index (χ4n) is 2.04. The van der Waals surface area contributed by atoms with E-state index in [2.05, 4.69) is 4.98 Å². The van der Waals surface area contributed by atoms with Crippen molar-refractivity contribution in [3.05, 3.63) is 28.6 Å². The molecule has 1 aromatic heterocycles. The predicted molar refractivity (Wildman–Crippen MR) is 73.9 cm³/mol. The summed E-state index contributed by atoms with van der Waals surface area (Å²) in [5, 5.41) is 48.5. The smallest absolute Gasteiger partial charge is 0.390 e. The maximum Gasteiger partial charge on any atom is 0.439 e. The van der Waals surface area contributed by atoms with Crippen LogP contribution in [0.4, 0.5) is 5.95 Å². The maximum atomic E-state index is 10.6. The van der Waals surface area contributed by atoms with Crippen LogP contribution in [0.15, 0.2) is 18.5 Å². The standard InChI is InChI=1S/C12H17N3O8/c16-8-7(23-11(19)10(18)9(8)17)6-22-5-1-3-14-4-2-13-12(14)15(20)21/h1-4,7-11,16-19H,5-6H2/b3-1+/t7-,8-,9+,10-,11+/m1/s1. The Kier molecular flexibility index (Phi) is 5.76. The zero-order valence-electron chi connectivity index (χ0n) is 11.9. The molecule has 0 radical (unpaired) electrons. The number of aliphatic hydroxyl groups is 4. The number of ether oxygens (including phenoxy) is 2. The molecule has 0 spiro atoms. The number of imidazole rings is 1. The van der Waals surface area contributed by atoms with Crippen LogP contribution in [0.5, 0.6) is 0 Å². The number of rotatable bonds is 6. The first-order valence-electron chi connectivity index (χ1n) is 6.71. The molecule has 128 valence electrons. The molecule has 11 nitrogen and oxygen atoms in total. The van der Waals surface area contributed by atoms with E-state index in [1.165, 1.54) is 29.2 Å². The Balaban J connectivity index is 1.80. The van der Waals surface area contributed by atoms with Gasteiger partial charge >= 0.3 is 5.95 Å². The van der Waals surface area contributed by atoms with Gasteiger partial charge in [-0.2, -0.15) is 0 Å². The van der Waals surface area contributed by atoms with Gasteiger partial charge < -0.3 is 40.0 Å². The average Bonchev–Trinajstić information content (AvgIpc) is 2.98. The van der Waals surface area contributed by atoms with Crippen molar-refractivity contribution in [3.8, 4) is 0 Å². The van der Waals surface area contributed by atoms with Crippen molar-refractivity contribution in [2.45, 2.75) is 30.7 Å². The highest BCUT2D eigenvalue weighted by Gasteiger charge is 2.42. The van der Waals surface area contributed by atoms with E-state index in [0.29, 0.717) is 0 Å². The molecular formula is C12H17N3O8. The first kappa shape index (κ1) is 17.5. The SMILES string of the molecule is O=[N+]([O-])c1nccn1/C=C/COC[C@H]1O[C@H](O)[C@H](O)[C@@H](O)[C@@H]1O. The third kappa shape index (κ3) is 4.10. The molecule has 1 aliphatic heterocycles. The molecule has 0 unspecified atom stereocenters. The zero-order valence-corrected chi connectivity index (χ0v) is 11.9. The molecule has 11 heteroatoms. The second kappa shape index (κ2) is 7.59. The first-order valence-corrected chi connectivity index (χ1v) is 6.71. The largest absolute Gasteiger partial charge is 0.439 e. The molecule has 0 bridgehead atoms. The van der Waals surface area contributed by atoms with Crippen molar-refractivity contribution < 1.29 is 34.8 Å². The van der Waals surface area contributed by atoms with Crippen molar-refractivity contribution in [1.29, 1.82) is 0 Å². The monoisotopic (exact) mass is 331 g/mol. The van der Waals surface area contributed by atoms with Crippen LogP contribution in [0.2, 0.25) is 0 Å². The van der Waals surface area contributed by atoms with Crippen LogP contribution < -0.4 is 0 Å². The third-order valence-corrected chi connectivity index (χ3v) is 3.26. The number of aliphatic hydroxyl groups excluding tert-OH is 4. The second-order valence-electron chi connectivity index (χ2n) is 4.85. The Morgan fingerprint density at radius 3 is 2.78 bits per heavy atom. The lowest BCUT2D eigenvalue weighted by Crippen LogP contribution is -2.58. The quantitative estimate of drug-likeness (QED) is 0.264. The van der Waals surface area contributed by atoms with Crippen LogP contribution in [0, 0.1) is 10.1 Å². The molecule has 2 heterocycles. The average molecular weight is 331 g/mol. The van der Waals surface area contributed by atoms with E-state index < -0.39 is 35.6 Å². The molecule has 1 fully saturated rings. The van der Waals surface area contributed by atoms with Gasteiger partial charge in [-0.05, 0) is 11.0 Å². The van der Waals surface area contributed by atoms with Gasteiger partial charge in [-0.15, -0.1) is 0 Å². The van der Waals surface area contributed by atoms with Crippen LogP contribution in [-0.4, -0.2) is 78.8 Å². The summed E-state index contributed by atoms with van der Waals surface area (Å²) in [7, 11) is 0. The Morgan fingerprint density at radius 2 is 2.09 bits per heavy atom. The summed E-state index contributed by atoms with van der Waals surface area (Å²) in [5.41, 5.74) is 0. The van der Waals surface area contributed by atoms with Gasteiger partial charge in [0.25, 0.3) is 0 Å². The minimum atomic E-state index is -1.62. The lowest BCUT2D eigenvalue weighted by Gasteiger charge is -2.38. The van der Waals surface area contributed by atoms with Gasteiger partial charge in [0, 0.05) is 0 Å². The number of nitrogens with zero attached hydrogens (tertiary/aromatic N) is 3. The van der Waals surface area contributed by atoms with E-state index in [0.717, 1.165) is 0 Å². The van der Waals surface area contributed by atoms with Crippen molar-refractivity contribution >= 4 is 12.1 Å². The summed E-state index contributed by atoms with van der Waals surface area (Å²) < 4.78 is 11.3. The molecule has 1 aliphatic rings.